The second-order valence-electron chi connectivity index (χ2n) is 7.54. The molecule has 7 nitrogen and oxygen atoms in total. The minimum atomic E-state index is -1.59. The number of anilines is 1. The van der Waals surface area contributed by atoms with Crippen LogP contribution in [0.3, 0.4) is 0 Å². The molecule has 2 aliphatic rings. The summed E-state index contributed by atoms with van der Waals surface area (Å²) in [6.45, 7) is 6.47. The summed E-state index contributed by atoms with van der Waals surface area (Å²) in [4.78, 5) is 39.3. The average molecular weight is 387 g/mol. The number of Topliss-reactive ketones (excluding diaryl/α,β-unsaturated/α-hetero) is 1. The number of nitrogens with one attached hydrogen (secondary N) is 1. The van der Waals surface area contributed by atoms with Crippen LogP contribution in [0.4, 0.5) is 10.1 Å². The lowest BCUT2D eigenvalue weighted by molar-refractivity contribution is -0.151. The number of ketones is 1. The first-order chi connectivity index (χ1) is 13.1. The second-order valence-corrected chi connectivity index (χ2v) is 7.54. The predicted octanol–water partition coefficient (Wildman–Crippen LogP) is 1.47. The van der Waals surface area contributed by atoms with Crippen molar-refractivity contribution >= 4 is 23.3 Å². The van der Waals surface area contributed by atoms with E-state index < -0.39 is 41.0 Å². The molecule has 8 heteroatoms. The third kappa shape index (κ3) is 2.96. The normalized spacial score (nSPS) is 28.6. The summed E-state index contributed by atoms with van der Waals surface area (Å²) in [6.07, 6.45) is -0.775. The van der Waals surface area contributed by atoms with Crippen molar-refractivity contribution in [2.75, 3.05) is 11.4 Å². The molecule has 28 heavy (non-hydrogen) atoms. The van der Waals surface area contributed by atoms with Gasteiger partial charge in [-0.25, -0.2) is 4.39 Å². The highest BCUT2D eigenvalue weighted by Crippen LogP contribution is 2.46. The van der Waals surface area contributed by atoms with Crippen LogP contribution in [0.5, 0.6) is 0 Å². The van der Waals surface area contributed by atoms with Crippen LogP contribution in [0.25, 0.3) is 0 Å². The van der Waals surface area contributed by atoms with Gasteiger partial charge in [-0.1, -0.05) is 0 Å². The summed E-state index contributed by atoms with van der Waals surface area (Å²) in [6, 6.07) is 3.74. The second kappa shape index (κ2) is 6.99. The number of nitriles is 1. The zero-order valence-corrected chi connectivity index (χ0v) is 16.2. The van der Waals surface area contributed by atoms with E-state index in [0.29, 0.717) is 17.8 Å². The molecular weight excluding hydrogens is 365 g/mol. The van der Waals surface area contributed by atoms with Crippen LogP contribution < -0.4 is 10.2 Å². The summed E-state index contributed by atoms with van der Waals surface area (Å²) in [5.74, 6) is -2.35. The Bertz CT molecular complexity index is 909. The lowest BCUT2D eigenvalue weighted by Crippen LogP contribution is -2.69. The van der Waals surface area contributed by atoms with Crippen molar-refractivity contribution in [2.24, 2.45) is 5.41 Å². The van der Waals surface area contributed by atoms with Crippen molar-refractivity contribution in [1.82, 2.24) is 5.32 Å². The molecule has 0 bridgehead atoms. The molecule has 0 saturated carbocycles. The number of nitrogens with zero attached hydrogens (tertiary/aromatic N) is 2. The summed E-state index contributed by atoms with van der Waals surface area (Å²) in [5.41, 5.74) is -0.695. The van der Waals surface area contributed by atoms with Crippen LogP contribution in [0.15, 0.2) is 12.1 Å². The van der Waals surface area contributed by atoms with Gasteiger partial charge in [0.05, 0.1) is 23.8 Å². The van der Waals surface area contributed by atoms with E-state index in [-0.39, 0.29) is 18.1 Å². The highest BCUT2D eigenvalue weighted by molar-refractivity contribution is 6.11. The van der Waals surface area contributed by atoms with Crippen molar-refractivity contribution < 1.29 is 23.5 Å². The van der Waals surface area contributed by atoms with Gasteiger partial charge in [0.25, 0.3) is 0 Å². The summed E-state index contributed by atoms with van der Waals surface area (Å²) in [7, 11) is 0. The maximum absolute atomic E-state index is 14.3. The number of halogens is 1. The predicted molar refractivity (Wildman–Crippen MR) is 97.9 cm³/mol. The molecule has 4 atom stereocenters. The van der Waals surface area contributed by atoms with Crippen molar-refractivity contribution in [2.45, 2.75) is 52.4 Å². The summed E-state index contributed by atoms with van der Waals surface area (Å²) >= 11 is 0. The molecule has 0 radical (unpaired) electrons. The van der Waals surface area contributed by atoms with E-state index in [1.807, 2.05) is 11.8 Å². The Hall–Kier alpha value is -2.79. The molecule has 1 fully saturated rings. The third-order valence-corrected chi connectivity index (χ3v) is 5.58. The molecule has 0 aromatic heterocycles. The zero-order chi connectivity index (χ0) is 20.8. The smallest absolute Gasteiger partial charge is 0.242 e. The Morgan fingerprint density at radius 3 is 2.57 bits per heavy atom. The van der Waals surface area contributed by atoms with E-state index >= 15 is 0 Å². The molecule has 2 aliphatic heterocycles. The van der Waals surface area contributed by atoms with Gasteiger partial charge < -0.3 is 9.64 Å². The fourth-order valence-electron chi connectivity index (χ4n) is 4.53. The molecule has 1 N–H and O–H groups in total. The van der Waals surface area contributed by atoms with Gasteiger partial charge in [0, 0.05) is 19.2 Å². The molecule has 0 aliphatic carbocycles. The molecule has 3 rings (SSSR count). The number of ether oxygens (including phenoxy) is 1. The first kappa shape index (κ1) is 20.0. The molecule has 1 aromatic rings. The van der Waals surface area contributed by atoms with Gasteiger partial charge in [-0.2, -0.15) is 5.26 Å². The first-order valence-corrected chi connectivity index (χ1v) is 9.09. The fraction of sp³-hybridized carbons (Fsp3) is 0.500. The van der Waals surface area contributed by atoms with Gasteiger partial charge >= 0.3 is 0 Å². The number of morpholine rings is 1. The third-order valence-electron chi connectivity index (χ3n) is 5.58. The highest BCUT2D eigenvalue weighted by Gasteiger charge is 2.59. The molecule has 0 unspecified atom stereocenters. The first-order valence-electron chi connectivity index (χ1n) is 9.09. The monoisotopic (exact) mass is 387 g/mol. The SMILES string of the molecule is CC(=O)NC(=O)[C@]1(C(C)=O)Cc2cc(C#N)c(F)cc2N2C[C@@H](C)O[C@@H](C)[C@@H]21. The summed E-state index contributed by atoms with van der Waals surface area (Å²) < 4.78 is 20.2. The van der Waals surface area contributed by atoms with Crippen molar-refractivity contribution in [1.29, 1.82) is 5.26 Å². The number of imide groups is 1. The van der Waals surface area contributed by atoms with Gasteiger partial charge in [-0.05, 0) is 44.9 Å². The lowest BCUT2D eigenvalue weighted by atomic mass is 9.65. The Balaban J connectivity index is 2.26. The number of fused-ring (bicyclic) bond motifs is 3. The highest BCUT2D eigenvalue weighted by atomic mass is 19.1. The van der Waals surface area contributed by atoms with Crippen LogP contribution in [0, 0.1) is 22.6 Å². The molecule has 2 heterocycles. The van der Waals surface area contributed by atoms with Crippen LogP contribution in [0.1, 0.15) is 38.8 Å². The molecule has 1 aromatic carbocycles. The molecule has 1 saturated heterocycles. The van der Waals surface area contributed by atoms with Crippen LogP contribution in [-0.4, -0.2) is 42.4 Å². The number of hydrogen-bond acceptors (Lipinski definition) is 6. The minimum absolute atomic E-state index is 0.0466. The van der Waals surface area contributed by atoms with E-state index in [0.717, 1.165) is 0 Å². The Morgan fingerprint density at radius 2 is 2.00 bits per heavy atom. The number of amides is 2. The largest absolute Gasteiger partial charge is 0.372 e. The lowest BCUT2D eigenvalue weighted by Gasteiger charge is -2.54. The number of benzene rings is 1. The van der Waals surface area contributed by atoms with E-state index in [1.54, 1.807) is 13.0 Å². The average Bonchev–Trinajstić information content (AvgIpc) is 2.59. The number of hydrogen-bond donors (Lipinski definition) is 1. The van der Waals surface area contributed by atoms with E-state index in [4.69, 9.17) is 4.74 Å². The van der Waals surface area contributed by atoms with Crippen LogP contribution >= 0.6 is 0 Å². The molecule has 148 valence electrons. The molecular formula is C20H22FN3O4. The van der Waals surface area contributed by atoms with E-state index in [9.17, 15) is 24.0 Å². The van der Waals surface area contributed by atoms with Crippen molar-refractivity contribution in [3.63, 3.8) is 0 Å². The maximum atomic E-state index is 14.3. The number of rotatable bonds is 2. The van der Waals surface area contributed by atoms with E-state index in [1.165, 1.54) is 26.0 Å². The van der Waals surface area contributed by atoms with Crippen LogP contribution in [0.2, 0.25) is 0 Å². The van der Waals surface area contributed by atoms with Crippen molar-refractivity contribution in [3.8, 4) is 6.07 Å². The molecule has 0 spiro atoms. The van der Waals surface area contributed by atoms with Gasteiger partial charge in [0.1, 0.15) is 23.1 Å². The van der Waals surface area contributed by atoms with Crippen molar-refractivity contribution in [3.05, 3.63) is 29.1 Å². The number of carbonyl (C=O) groups excluding carboxylic acids is 3. The maximum Gasteiger partial charge on any atom is 0.242 e. The van der Waals surface area contributed by atoms with Gasteiger partial charge in [-0.15, -0.1) is 0 Å². The Kier molecular flexibility index (Phi) is 4.98. The Morgan fingerprint density at radius 1 is 1.32 bits per heavy atom. The van der Waals surface area contributed by atoms with Gasteiger partial charge in [0.15, 0.2) is 0 Å². The zero-order valence-electron chi connectivity index (χ0n) is 16.2. The minimum Gasteiger partial charge on any atom is -0.372 e. The summed E-state index contributed by atoms with van der Waals surface area (Å²) in [5, 5.41) is 11.4. The molecule has 2 amide bonds. The van der Waals surface area contributed by atoms with Crippen LogP contribution in [-0.2, 0) is 25.5 Å². The number of carbonyl (C=O) groups is 3. The van der Waals surface area contributed by atoms with E-state index in [2.05, 4.69) is 5.32 Å². The van der Waals surface area contributed by atoms with Gasteiger partial charge in [0.2, 0.25) is 11.8 Å². The Labute approximate surface area is 162 Å². The fourth-order valence-corrected chi connectivity index (χ4v) is 4.53. The topological polar surface area (TPSA) is 99.5 Å². The van der Waals surface area contributed by atoms with Gasteiger partial charge in [-0.3, -0.25) is 19.7 Å². The standard InChI is InChI=1S/C20H22FN3O4/c1-10-9-24-17-6-16(21)15(8-22)5-14(17)7-20(12(3)25,18(24)11(2)28-10)19(27)23-13(4)26/h5-6,10-11,18H,7,9H2,1-4H3,(H,23,26,27)/t10-,11+,18-,20+/m1/s1. The quantitative estimate of drug-likeness (QED) is 0.772.